The van der Waals surface area contributed by atoms with Crippen molar-refractivity contribution in [3.8, 4) is 12.3 Å². The smallest absolute Gasteiger partial charge is 0.226 e. The fraction of sp³-hybridized carbons (Fsp3) is 0.750. The molecule has 84 valence electrons. The van der Waals surface area contributed by atoms with Crippen molar-refractivity contribution < 1.29 is 4.79 Å². The molecule has 3 nitrogen and oxygen atoms in total. The molecule has 1 rings (SSSR count). The predicted molar refractivity (Wildman–Crippen MR) is 61.0 cm³/mol. The van der Waals surface area contributed by atoms with E-state index in [2.05, 4.69) is 5.92 Å². The van der Waals surface area contributed by atoms with Crippen LogP contribution in [0.2, 0.25) is 0 Å². The Labute approximate surface area is 92.0 Å². The Morgan fingerprint density at radius 3 is 2.87 bits per heavy atom. The van der Waals surface area contributed by atoms with E-state index in [0.29, 0.717) is 13.1 Å². The fourth-order valence-electron chi connectivity index (χ4n) is 2.17. The van der Waals surface area contributed by atoms with Crippen molar-refractivity contribution in [2.24, 2.45) is 11.7 Å². The molecule has 0 aromatic carbocycles. The van der Waals surface area contributed by atoms with E-state index in [9.17, 15) is 4.79 Å². The molecule has 2 N–H and O–H groups in total. The van der Waals surface area contributed by atoms with E-state index in [0.717, 1.165) is 25.7 Å². The normalized spacial score (nSPS) is 25.7. The van der Waals surface area contributed by atoms with Gasteiger partial charge in [0.2, 0.25) is 5.91 Å². The number of carbonyl (C=O) groups is 1. The summed E-state index contributed by atoms with van der Waals surface area (Å²) in [5.41, 5.74) is 5.87. The van der Waals surface area contributed by atoms with Gasteiger partial charge in [0.25, 0.3) is 0 Å². The van der Waals surface area contributed by atoms with Gasteiger partial charge in [-0.2, -0.15) is 0 Å². The molecule has 15 heavy (non-hydrogen) atoms. The maximum absolute atomic E-state index is 12.0. The van der Waals surface area contributed by atoms with Gasteiger partial charge in [-0.1, -0.05) is 12.3 Å². The molecule has 1 saturated carbocycles. The van der Waals surface area contributed by atoms with Gasteiger partial charge >= 0.3 is 0 Å². The van der Waals surface area contributed by atoms with Crippen LogP contribution in [0.25, 0.3) is 0 Å². The number of carbonyl (C=O) groups excluding carboxylic acids is 1. The topological polar surface area (TPSA) is 46.3 Å². The third-order valence-electron chi connectivity index (χ3n) is 3.04. The molecule has 0 radical (unpaired) electrons. The lowest BCUT2D eigenvalue weighted by Crippen LogP contribution is -2.40. The zero-order valence-electron chi connectivity index (χ0n) is 9.41. The molecule has 1 aliphatic rings. The van der Waals surface area contributed by atoms with E-state index in [4.69, 9.17) is 12.2 Å². The van der Waals surface area contributed by atoms with Crippen LogP contribution in [0.3, 0.4) is 0 Å². The summed E-state index contributed by atoms with van der Waals surface area (Å²) in [4.78, 5) is 13.8. The van der Waals surface area contributed by atoms with Crippen molar-refractivity contribution >= 4 is 5.91 Å². The third-order valence-corrected chi connectivity index (χ3v) is 3.04. The van der Waals surface area contributed by atoms with Crippen molar-refractivity contribution in [2.75, 3.05) is 13.1 Å². The van der Waals surface area contributed by atoms with Gasteiger partial charge in [-0.25, -0.2) is 0 Å². The second-order valence-electron chi connectivity index (χ2n) is 4.18. The first kappa shape index (κ1) is 12.1. The lowest BCUT2D eigenvalue weighted by molar-refractivity contribution is -0.135. The van der Waals surface area contributed by atoms with E-state index in [1.165, 1.54) is 0 Å². The van der Waals surface area contributed by atoms with Crippen LogP contribution in [0, 0.1) is 18.3 Å². The summed E-state index contributed by atoms with van der Waals surface area (Å²) in [7, 11) is 0. The summed E-state index contributed by atoms with van der Waals surface area (Å²) in [5.74, 6) is 2.81. The molecule has 1 aliphatic carbocycles. The number of rotatable bonds is 3. The summed E-state index contributed by atoms with van der Waals surface area (Å²) in [6, 6.07) is 0.192. The van der Waals surface area contributed by atoms with Crippen molar-refractivity contribution in [3.63, 3.8) is 0 Å². The second kappa shape index (κ2) is 5.77. The minimum atomic E-state index is 0.0991. The molecule has 2 unspecified atom stereocenters. The molecular weight excluding hydrogens is 188 g/mol. The van der Waals surface area contributed by atoms with E-state index < -0.39 is 0 Å². The van der Waals surface area contributed by atoms with Gasteiger partial charge < -0.3 is 10.6 Å². The Morgan fingerprint density at radius 2 is 2.33 bits per heavy atom. The Kier molecular flexibility index (Phi) is 4.64. The molecule has 0 aromatic rings. The first-order valence-electron chi connectivity index (χ1n) is 5.66. The number of amides is 1. The second-order valence-corrected chi connectivity index (χ2v) is 4.18. The molecule has 0 aliphatic heterocycles. The number of nitrogens with two attached hydrogens (primary N) is 1. The van der Waals surface area contributed by atoms with Gasteiger partial charge in [0.05, 0.1) is 6.54 Å². The van der Waals surface area contributed by atoms with E-state index >= 15 is 0 Å². The molecule has 3 heteroatoms. The predicted octanol–water partition coefficient (Wildman–Crippen LogP) is 0.986. The van der Waals surface area contributed by atoms with Crippen LogP contribution in [0.1, 0.15) is 32.6 Å². The lowest BCUT2D eigenvalue weighted by Gasteiger charge is -2.29. The summed E-state index contributed by atoms with van der Waals surface area (Å²) in [6.45, 7) is 3.06. The SMILES string of the molecule is C#CCN(CC)C(=O)C1CCCC(N)C1. The molecule has 0 bridgehead atoms. The summed E-state index contributed by atoms with van der Waals surface area (Å²) >= 11 is 0. The van der Waals surface area contributed by atoms with Crippen molar-refractivity contribution in [3.05, 3.63) is 0 Å². The maximum atomic E-state index is 12.0. The van der Waals surface area contributed by atoms with Gasteiger partial charge in [0.1, 0.15) is 0 Å². The Hall–Kier alpha value is -1.01. The maximum Gasteiger partial charge on any atom is 0.226 e. The first-order valence-corrected chi connectivity index (χ1v) is 5.66. The van der Waals surface area contributed by atoms with E-state index in [1.807, 2.05) is 6.92 Å². The first-order chi connectivity index (χ1) is 7.19. The standard InChI is InChI=1S/C12H20N2O/c1-3-8-14(4-2)12(15)10-6-5-7-11(13)9-10/h1,10-11H,4-9,13H2,2H3. The minimum Gasteiger partial charge on any atom is -0.332 e. The van der Waals surface area contributed by atoms with Crippen LogP contribution < -0.4 is 5.73 Å². The highest BCUT2D eigenvalue weighted by Gasteiger charge is 2.27. The zero-order chi connectivity index (χ0) is 11.3. The molecule has 0 aromatic heterocycles. The Bertz CT molecular complexity index is 257. The number of hydrogen-bond donors (Lipinski definition) is 1. The molecule has 1 amide bonds. The molecule has 2 atom stereocenters. The van der Waals surface area contributed by atoms with Gasteiger partial charge in [-0.15, -0.1) is 6.42 Å². The van der Waals surface area contributed by atoms with Gasteiger partial charge in [-0.05, 0) is 26.2 Å². The largest absolute Gasteiger partial charge is 0.332 e. The monoisotopic (exact) mass is 208 g/mol. The summed E-state index contributed by atoms with van der Waals surface area (Å²) in [6.07, 6.45) is 9.12. The van der Waals surface area contributed by atoms with Crippen molar-refractivity contribution in [2.45, 2.75) is 38.6 Å². The minimum absolute atomic E-state index is 0.0991. The van der Waals surface area contributed by atoms with Crippen LogP contribution in [0.5, 0.6) is 0 Å². The highest BCUT2D eigenvalue weighted by atomic mass is 16.2. The molecule has 0 spiro atoms. The molecular formula is C12H20N2O. The highest BCUT2D eigenvalue weighted by Crippen LogP contribution is 2.24. The van der Waals surface area contributed by atoms with Gasteiger partial charge in [-0.3, -0.25) is 4.79 Å². The average Bonchev–Trinajstić information content (AvgIpc) is 2.25. The van der Waals surface area contributed by atoms with E-state index in [1.54, 1.807) is 4.90 Å². The van der Waals surface area contributed by atoms with Gasteiger partial charge in [0, 0.05) is 18.5 Å². The molecule has 0 saturated heterocycles. The Balaban J connectivity index is 2.54. The zero-order valence-corrected chi connectivity index (χ0v) is 9.41. The molecule has 0 heterocycles. The van der Waals surface area contributed by atoms with Gasteiger partial charge in [0.15, 0.2) is 0 Å². The van der Waals surface area contributed by atoms with Crippen molar-refractivity contribution in [1.29, 1.82) is 0 Å². The summed E-state index contributed by atoms with van der Waals surface area (Å²) < 4.78 is 0. The summed E-state index contributed by atoms with van der Waals surface area (Å²) in [5, 5.41) is 0. The number of hydrogen-bond acceptors (Lipinski definition) is 2. The van der Waals surface area contributed by atoms with Crippen LogP contribution in [-0.4, -0.2) is 29.9 Å². The quantitative estimate of drug-likeness (QED) is 0.703. The highest BCUT2D eigenvalue weighted by molar-refractivity contribution is 5.79. The van der Waals surface area contributed by atoms with Crippen LogP contribution in [0.4, 0.5) is 0 Å². The lowest BCUT2D eigenvalue weighted by atomic mass is 9.85. The number of terminal acetylenes is 1. The van der Waals surface area contributed by atoms with Crippen molar-refractivity contribution in [1.82, 2.24) is 4.90 Å². The van der Waals surface area contributed by atoms with E-state index in [-0.39, 0.29) is 17.9 Å². The number of nitrogens with zero attached hydrogens (tertiary/aromatic N) is 1. The third kappa shape index (κ3) is 3.24. The van der Waals surface area contributed by atoms with Crippen LogP contribution in [0.15, 0.2) is 0 Å². The fourth-order valence-corrected chi connectivity index (χ4v) is 2.17. The molecule has 1 fully saturated rings. The van der Waals surface area contributed by atoms with Crippen LogP contribution in [-0.2, 0) is 4.79 Å². The Morgan fingerprint density at radius 1 is 1.60 bits per heavy atom. The van der Waals surface area contributed by atoms with Crippen LogP contribution >= 0.6 is 0 Å². The average molecular weight is 208 g/mol.